The molecule has 9 heteroatoms. The number of nitrogens with zero attached hydrogens (tertiary/aromatic N) is 3. The maximum atomic E-state index is 12.2. The van der Waals surface area contributed by atoms with Gasteiger partial charge in [0.05, 0.1) is 5.56 Å². The molecule has 0 aromatic carbocycles. The van der Waals surface area contributed by atoms with Crippen molar-refractivity contribution in [1.29, 1.82) is 0 Å². The molecule has 3 heterocycles. The van der Waals surface area contributed by atoms with E-state index >= 15 is 0 Å². The molecule has 1 atom stereocenters. The Balaban J connectivity index is 2.09. The summed E-state index contributed by atoms with van der Waals surface area (Å²) in [6.45, 7) is 0. The van der Waals surface area contributed by atoms with Crippen LogP contribution >= 0.6 is 0 Å². The fourth-order valence-corrected chi connectivity index (χ4v) is 2.24. The number of aromatic nitrogens is 3. The SMILES string of the molecule is O=C1CCC(n2nc3cc(C(=O)O)ccn3c2=O)C(=O)N1. The van der Waals surface area contributed by atoms with Gasteiger partial charge in [-0.15, -0.1) is 5.10 Å². The van der Waals surface area contributed by atoms with Crippen molar-refractivity contribution in [1.82, 2.24) is 19.5 Å². The summed E-state index contributed by atoms with van der Waals surface area (Å²) >= 11 is 0. The van der Waals surface area contributed by atoms with Crippen LogP contribution < -0.4 is 11.0 Å². The number of imide groups is 1. The Morgan fingerprint density at radius 1 is 1.38 bits per heavy atom. The molecule has 0 radical (unpaired) electrons. The van der Waals surface area contributed by atoms with Gasteiger partial charge in [-0.25, -0.2) is 9.59 Å². The lowest BCUT2D eigenvalue weighted by atomic mass is 10.1. The zero-order valence-corrected chi connectivity index (χ0v) is 10.6. The predicted octanol–water partition coefficient (Wildman–Crippen LogP) is -0.828. The van der Waals surface area contributed by atoms with E-state index in [1.54, 1.807) is 0 Å². The lowest BCUT2D eigenvalue weighted by molar-refractivity contribution is -0.136. The molecule has 1 aliphatic rings. The van der Waals surface area contributed by atoms with Gasteiger partial charge in [-0.05, 0) is 18.6 Å². The van der Waals surface area contributed by atoms with Crippen LogP contribution in [0.15, 0.2) is 23.1 Å². The first-order valence-corrected chi connectivity index (χ1v) is 6.15. The van der Waals surface area contributed by atoms with Crippen molar-refractivity contribution in [3.8, 4) is 0 Å². The maximum absolute atomic E-state index is 12.2. The number of amides is 2. The van der Waals surface area contributed by atoms with E-state index in [9.17, 15) is 19.2 Å². The molecule has 108 valence electrons. The van der Waals surface area contributed by atoms with E-state index in [-0.39, 0.29) is 30.0 Å². The Hall–Kier alpha value is -2.97. The van der Waals surface area contributed by atoms with Gasteiger partial charge in [-0.2, -0.15) is 4.68 Å². The molecular weight excluding hydrogens is 280 g/mol. The molecule has 0 saturated carbocycles. The lowest BCUT2D eigenvalue weighted by Crippen LogP contribution is -2.44. The van der Waals surface area contributed by atoms with E-state index in [1.807, 2.05) is 0 Å². The Bertz CT molecular complexity index is 834. The minimum absolute atomic E-state index is 0.0112. The third-order valence-corrected chi connectivity index (χ3v) is 3.30. The fourth-order valence-electron chi connectivity index (χ4n) is 2.24. The Labute approximate surface area is 116 Å². The average Bonchev–Trinajstić information content (AvgIpc) is 2.75. The monoisotopic (exact) mass is 290 g/mol. The first-order chi connectivity index (χ1) is 9.97. The van der Waals surface area contributed by atoms with Crippen LogP contribution in [-0.4, -0.2) is 37.1 Å². The molecule has 3 rings (SSSR count). The van der Waals surface area contributed by atoms with E-state index in [0.29, 0.717) is 0 Å². The van der Waals surface area contributed by atoms with E-state index in [0.717, 1.165) is 9.08 Å². The molecule has 1 fully saturated rings. The van der Waals surface area contributed by atoms with Gasteiger partial charge >= 0.3 is 11.7 Å². The standard InChI is InChI=1S/C12H10N4O5/c17-9-2-1-7(10(18)13-9)16-12(21)15-4-3-6(11(19)20)5-8(15)14-16/h3-5,7H,1-2H2,(H,19,20)(H,13,17,18). The van der Waals surface area contributed by atoms with Gasteiger partial charge in [-0.3, -0.25) is 19.3 Å². The number of carbonyl (C=O) groups excluding carboxylic acids is 2. The van der Waals surface area contributed by atoms with Gasteiger partial charge in [-0.1, -0.05) is 0 Å². The van der Waals surface area contributed by atoms with E-state index in [4.69, 9.17) is 5.11 Å². The number of rotatable bonds is 2. The number of carboxylic acid groups (broad SMARTS) is 1. The zero-order chi connectivity index (χ0) is 15.1. The second-order valence-electron chi connectivity index (χ2n) is 4.64. The summed E-state index contributed by atoms with van der Waals surface area (Å²) in [5.41, 5.74) is -0.441. The minimum atomic E-state index is -1.14. The van der Waals surface area contributed by atoms with E-state index in [2.05, 4.69) is 10.4 Å². The highest BCUT2D eigenvalue weighted by Gasteiger charge is 2.30. The van der Waals surface area contributed by atoms with Crippen LogP contribution in [0.4, 0.5) is 0 Å². The van der Waals surface area contributed by atoms with Crippen LogP contribution in [0.25, 0.3) is 5.65 Å². The highest BCUT2D eigenvalue weighted by Crippen LogP contribution is 2.16. The van der Waals surface area contributed by atoms with Crippen LogP contribution in [0.2, 0.25) is 0 Å². The van der Waals surface area contributed by atoms with Gasteiger partial charge in [0.2, 0.25) is 5.91 Å². The maximum Gasteiger partial charge on any atom is 0.351 e. The van der Waals surface area contributed by atoms with Crippen LogP contribution in [0.3, 0.4) is 0 Å². The highest BCUT2D eigenvalue weighted by atomic mass is 16.4. The average molecular weight is 290 g/mol. The number of hydrogen-bond donors (Lipinski definition) is 2. The number of carbonyl (C=O) groups is 3. The molecule has 21 heavy (non-hydrogen) atoms. The van der Waals surface area contributed by atoms with Gasteiger partial charge in [0.1, 0.15) is 6.04 Å². The number of nitrogens with one attached hydrogen (secondary N) is 1. The summed E-state index contributed by atoms with van der Waals surface area (Å²) in [4.78, 5) is 46.0. The van der Waals surface area contributed by atoms with Crippen molar-refractivity contribution in [3.63, 3.8) is 0 Å². The van der Waals surface area contributed by atoms with Crippen molar-refractivity contribution in [2.24, 2.45) is 0 Å². The topological polar surface area (TPSA) is 123 Å². The van der Waals surface area contributed by atoms with Crippen molar-refractivity contribution in [2.45, 2.75) is 18.9 Å². The summed E-state index contributed by atoms with van der Waals surface area (Å²) < 4.78 is 2.12. The molecule has 2 aromatic rings. The van der Waals surface area contributed by atoms with Gasteiger partial charge in [0.25, 0.3) is 5.91 Å². The van der Waals surface area contributed by atoms with Gasteiger partial charge < -0.3 is 5.11 Å². The Morgan fingerprint density at radius 2 is 2.14 bits per heavy atom. The molecule has 0 spiro atoms. The molecule has 1 aliphatic heterocycles. The van der Waals surface area contributed by atoms with Crippen LogP contribution in [-0.2, 0) is 9.59 Å². The molecule has 0 bridgehead atoms. The predicted molar refractivity (Wildman–Crippen MR) is 67.8 cm³/mol. The smallest absolute Gasteiger partial charge is 0.351 e. The lowest BCUT2D eigenvalue weighted by Gasteiger charge is -2.19. The van der Waals surface area contributed by atoms with Crippen LogP contribution in [0, 0.1) is 0 Å². The Morgan fingerprint density at radius 3 is 2.81 bits per heavy atom. The van der Waals surface area contributed by atoms with Gasteiger partial charge in [0.15, 0.2) is 5.65 Å². The van der Waals surface area contributed by atoms with E-state index in [1.165, 1.54) is 18.3 Å². The van der Waals surface area contributed by atoms with E-state index < -0.39 is 23.6 Å². The molecule has 2 amide bonds. The molecule has 0 aliphatic carbocycles. The molecule has 9 nitrogen and oxygen atoms in total. The van der Waals surface area contributed by atoms with Crippen LogP contribution in [0.1, 0.15) is 29.2 Å². The third-order valence-electron chi connectivity index (χ3n) is 3.30. The second kappa shape index (κ2) is 4.54. The van der Waals surface area contributed by atoms with Crippen molar-refractivity contribution >= 4 is 23.4 Å². The number of aromatic carboxylic acids is 1. The van der Waals surface area contributed by atoms with Gasteiger partial charge in [0, 0.05) is 12.6 Å². The fraction of sp³-hybridized carbons (Fsp3) is 0.250. The number of pyridine rings is 1. The third kappa shape index (κ3) is 2.08. The molecule has 1 unspecified atom stereocenters. The zero-order valence-electron chi connectivity index (χ0n) is 10.6. The number of carboxylic acids is 1. The largest absolute Gasteiger partial charge is 0.478 e. The molecular formula is C12H10N4O5. The summed E-state index contributed by atoms with van der Waals surface area (Å²) in [5.74, 6) is -2.11. The van der Waals surface area contributed by atoms with Crippen molar-refractivity contribution in [2.75, 3.05) is 0 Å². The highest BCUT2D eigenvalue weighted by molar-refractivity contribution is 5.99. The first kappa shape index (κ1) is 13.0. The summed E-state index contributed by atoms with van der Waals surface area (Å²) in [6.07, 6.45) is 1.59. The Kier molecular flexibility index (Phi) is 2.82. The summed E-state index contributed by atoms with van der Waals surface area (Å²) in [6, 6.07) is 1.64. The second-order valence-corrected chi connectivity index (χ2v) is 4.64. The summed E-state index contributed by atoms with van der Waals surface area (Å²) in [7, 11) is 0. The van der Waals surface area contributed by atoms with Crippen LogP contribution in [0.5, 0.6) is 0 Å². The molecule has 2 aromatic heterocycles. The molecule has 1 saturated heterocycles. The van der Waals surface area contributed by atoms with Crippen molar-refractivity contribution in [3.05, 3.63) is 34.4 Å². The quantitative estimate of drug-likeness (QED) is 0.696. The normalized spacial score (nSPS) is 18.8. The number of piperidine rings is 1. The number of fused-ring (bicyclic) bond motifs is 1. The summed E-state index contributed by atoms with van der Waals surface area (Å²) in [5, 5.41) is 15.1. The first-order valence-electron chi connectivity index (χ1n) is 6.15. The number of hydrogen-bond acceptors (Lipinski definition) is 5. The molecule has 2 N–H and O–H groups in total. The minimum Gasteiger partial charge on any atom is -0.478 e. The van der Waals surface area contributed by atoms with Crippen molar-refractivity contribution < 1.29 is 19.5 Å².